The third-order valence-corrected chi connectivity index (χ3v) is 5.87. The van der Waals surface area contributed by atoms with Gasteiger partial charge in [0.05, 0.1) is 0 Å². The summed E-state index contributed by atoms with van der Waals surface area (Å²) in [6.45, 7) is 7.12. The molecule has 0 spiro atoms. The predicted molar refractivity (Wildman–Crippen MR) is 88.1 cm³/mol. The summed E-state index contributed by atoms with van der Waals surface area (Å²) in [4.78, 5) is 7.04. The molecular weight excluding hydrogens is 272 g/mol. The molecule has 112 valence electrons. The van der Waals surface area contributed by atoms with Gasteiger partial charge in [-0.1, -0.05) is 12.1 Å². The Labute approximate surface area is 129 Å². The van der Waals surface area contributed by atoms with Crippen LogP contribution in [0.25, 0.3) is 22.1 Å². The lowest BCUT2D eigenvalue weighted by Gasteiger charge is -2.30. The molecule has 0 radical (unpaired) electrons. The first-order chi connectivity index (χ1) is 10.7. The highest BCUT2D eigenvalue weighted by Gasteiger charge is 2.45. The van der Waals surface area contributed by atoms with E-state index in [0.717, 1.165) is 22.6 Å². The Hall–Kier alpha value is -1.87. The van der Waals surface area contributed by atoms with E-state index in [4.69, 9.17) is 4.42 Å². The van der Waals surface area contributed by atoms with E-state index < -0.39 is 0 Å². The molecule has 3 unspecified atom stereocenters. The average Bonchev–Trinajstić information content (AvgIpc) is 3.20. The number of hydrogen-bond acceptors (Lipinski definition) is 3. The minimum atomic E-state index is 0.595. The number of pyridine rings is 1. The van der Waals surface area contributed by atoms with E-state index in [-0.39, 0.29) is 0 Å². The number of benzene rings is 1. The Morgan fingerprint density at radius 1 is 1.23 bits per heavy atom. The van der Waals surface area contributed by atoms with Gasteiger partial charge in [0.15, 0.2) is 0 Å². The molecule has 22 heavy (non-hydrogen) atoms. The zero-order chi connectivity index (χ0) is 14.8. The standard InChI is InChI=1S/C19H20N2O/c1-11-5-6-14-15-4-3-8-20-19(15)22-18(14)16(11)17-12(2)21-9-7-13(17)10-21/h3-6,8,12-13,17H,7,9-10H2,1-2H3/t12-,13?,17?/m1/s1. The molecule has 3 nitrogen and oxygen atoms in total. The second kappa shape index (κ2) is 4.32. The molecule has 1 aromatic carbocycles. The van der Waals surface area contributed by atoms with Gasteiger partial charge < -0.3 is 4.42 Å². The molecule has 0 saturated carbocycles. The highest BCUT2D eigenvalue weighted by molar-refractivity contribution is 6.05. The molecule has 2 saturated heterocycles. The van der Waals surface area contributed by atoms with Gasteiger partial charge in [-0.25, -0.2) is 4.98 Å². The van der Waals surface area contributed by atoms with Crippen molar-refractivity contribution >= 4 is 22.1 Å². The van der Waals surface area contributed by atoms with Crippen molar-refractivity contribution in [3.63, 3.8) is 0 Å². The van der Waals surface area contributed by atoms with Crippen LogP contribution in [0.5, 0.6) is 0 Å². The van der Waals surface area contributed by atoms with Crippen LogP contribution >= 0.6 is 0 Å². The molecule has 3 aromatic rings. The molecule has 2 aliphatic heterocycles. The fourth-order valence-electron chi connectivity index (χ4n) is 4.78. The van der Waals surface area contributed by atoms with Crippen molar-refractivity contribution < 1.29 is 4.42 Å². The maximum Gasteiger partial charge on any atom is 0.227 e. The van der Waals surface area contributed by atoms with Crippen LogP contribution in [0.4, 0.5) is 0 Å². The van der Waals surface area contributed by atoms with E-state index in [2.05, 4.69) is 41.9 Å². The Balaban J connectivity index is 1.81. The molecular formula is C19H20N2O. The third-order valence-electron chi connectivity index (χ3n) is 5.87. The van der Waals surface area contributed by atoms with Crippen molar-refractivity contribution in [1.82, 2.24) is 9.88 Å². The van der Waals surface area contributed by atoms with Gasteiger partial charge in [0.1, 0.15) is 5.58 Å². The first kappa shape index (κ1) is 12.7. The van der Waals surface area contributed by atoms with E-state index in [9.17, 15) is 0 Å². The van der Waals surface area contributed by atoms with E-state index in [1.54, 1.807) is 0 Å². The normalized spacial score (nSPS) is 30.6. The molecule has 2 aliphatic rings. The van der Waals surface area contributed by atoms with Gasteiger partial charge in [-0.3, -0.25) is 4.90 Å². The van der Waals surface area contributed by atoms with Gasteiger partial charge in [-0.2, -0.15) is 0 Å². The Bertz CT molecular complexity index is 880. The van der Waals surface area contributed by atoms with Crippen LogP contribution in [0.1, 0.15) is 30.4 Å². The number of hydrogen-bond donors (Lipinski definition) is 0. The molecule has 2 bridgehead atoms. The lowest BCUT2D eigenvalue weighted by molar-refractivity contribution is 0.256. The molecule has 0 N–H and O–H groups in total. The molecule has 4 atom stereocenters. The SMILES string of the molecule is Cc1ccc2c(oc3ncccc32)c1C1C2CCN(C2)[C@@H]1C. The van der Waals surface area contributed by atoms with Gasteiger partial charge in [0.2, 0.25) is 5.71 Å². The highest BCUT2D eigenvalue weighted by atomic mass is 16.3. The Morgan fingerprint density at radius 3 is 2.95 bits per heavy atom. The second-order valence-electron chi connectivity index (χ2n) is 6.94. The number of furan rings is 1. The summed E-state index contributed by atoms with van der Waals surface area (Å²) in [5, 5.41) is 2.35. The van der Waals surface area contributed by atoms with Crippen LogP contribution in [0.15, 0.2) is 34.9 Å². The topological polar surface area (TPSA) is 29.3 Å². The lowest BCUT2D eigenvalue weighted by Crippen LogP contribution is -2.32. The number of fused-ring (bicyclic) bond motifs is 5. The van der Waals surface area contributed by atoms with Crippen LogP contribution in [0.2, 0.25) is 0 Å². The number of aromatic nitrogens is 1. The molecule has 2 aromatic heterocycles. The largest absolute Gasteiger partial charge is 0.437 e. The van der Waals surface area contributed by atoms with Gasteiger partial charge >= 0.3 is 0 Å². The predicted octanol–water partition coefficient (Wildman–Crippen LogP) is 4.10. The summed E-state index contributed by atoms with van der Waals surface area (Å²) in [6.07, 6.45) is 3.13. The summed E-state index contributed by atoms with van der Waals surface area (Å²) in [6, 6.07) is 9.17. The lowest BCUT2D eigenvalue weighted by atomic mass is 9.79. The summed E-state index contributed by atoms with van der Waals surface area (Å²) >= 11 is 0. The monoisotopic (exact) mass is 292 g/mol. The molecule has 4 heterocycles. The zero-order valence-electron chi connectivity index (χ0n) is 13.0. The number of rotatable bonds is 1. The van der Waals surface area contributed by atoms with Crippen LogP contribution < -0.4 is 0 Å². The number of piperidine rings is 1. The van der Waals surface area contributed by atoms with Gasteiger partial charge in [-0.15, -0.1) is 0 Å². The smallest absolute Gasteiger partial charge is 0.227 e. The van der Waals surface area contributed by atoms with Crippen molar-refractivity contribution in [2.24, 2.45) is 5.92 Å². The molecule has 5 rings (SSSR count). The molecule has 2 fully saturated rings. The minimum Gasteiger partial charge on any atom is -0.437 e. The van der Waals surface area contributed by atoms with E-state index in [0.29, 0.717) is 12.0 Å². The second-order valence-corrected chi connectivity index (χ2v) is 6.94. The summed E-state index contributed by atoms with van der Waals surface area (Å²) in [5.74, 6) is 1.37. The molecule has 3 heteroatoms. The Morgan fingerprint density at radius 2 is 2.14 bits per heavy atom. The van der Waals surface area contributed by atoms with Gasteiger partial charge in [0.25, 0.3) is 0 Å². The quantitative estimate of drug-likeness (QED) is 0.676. The third kappa shape index (κ3) is 1.52. The molecule has 0 aliphatic carbocycles. The summed E-state index contributed by atoms with van der Waals surface area (Å²) < 4.78 is 6.20. The fraction of sp³-hybridized carbons (Fsp3) is 0.421. The Kier molecular flexibility index (Phi) is 2.49. The van der Waals surface area contributed by atoms with Crippen molar-refractivity contribution in [3.05, 3.63) is 41.6 Å². The van der Waals surface area contributed by atoms with Gasteiger partial charge in [0, 0.05) is 41.0 Å². The maximum absolute atomic E-state index is 6.20. The highest BCUT2D eigenvalue weighted by Crippen LogP contribution is 2.48. The van der Waals surface area contributed by atoms with Crippen molar-refractivity contribution in [3.8, 4) is 0 Å². The van der Waals surface area contributed by atoms with Crippen molar-refractivity contribution in [2.45, 2.75) is 32.2 Å². The first-order valence-electron chi connectivity index (χ1n) is 8.25. The average molecular weight is 292 g/mol. The zero-order valence-corrected chi connectivity index (χ0v) is 13.0. The van der Waals surface area contributed by atoms with E-state index >= 15 is 0 Å². The fourth-order valence-corrected chi connectivity index (χ4v) is 4.78. The summed E-state index contributed by atoms with van der Waals surface area (Å²) in [5.41, 5.74) is 4.62. The number of nitrogens with zero attached hydrogens (tertiary/aromatic N) is 2. The van der Waals surface area contributed by atoms with Crippen molar-refractivity contribution in [1.29, 1.82) is 0 Å². The van der Waals surface area contributed by atoms with Gasteiger partial charge in [-0.05, 0) is 50.4 Å². The maximum atomic E-state index is 6.20. The number of aryl methyl sites for hydroxylation is 1. The minimum absolute atomic E-state index is 0.595. The van der Waals surface area contributed by atoms with Crippen LogP contribution in [-0.2, 0) is 0 Å². The van der Waals surface area contributed by atoms with Crippen molar-refractivity contribution in [2.75, 3.05) is 13.1 Å². The van der Waals surface area contributed by atoms with Crippen LogP contribution in [-0.4, -0.2) is 29.0 Å². The van der Waals surface area contributed by atoms with E-state index in [1.807, 2.05) is 12.3 Å². The van der Waals surface area contributed by atoms with Crippen LogP contribution in [0, 0.1) is 12.8 Å². The van der Waals surface area contributed by atoms with Crippen LogP contribution in [0.3, 0.4) is 0 Å². The molecule has 0 amide bonds. The van der Waals surface area contributed by atoms with E-state index in [1.165, 1.54) is 36.0 Å². The first-order valence-corrected chi connectivity index (χ1v) is 8.25. The summed E-state index contributed by atoms with van der Waals surface area (Å²) in [7, 11) is 0.